The van der Waals surface area contributed by atoms with Gasteiger partial charge in [0.2, 0.25) is 5.91 Å². The summed E-state index contributed by atoms with van der Waals surface area (Å²) in [5.74, 6) is 0.00306. The SMILES string of the molecule is CCCN(CCC)C(=O)Cn1cc(C)cc(Br)c1=O. The van der Waals surface area contributed by atoms with Gasteiger partial charge in [0, 0.05) is 19.3 Å². The van der Waals surface area contributed by atoms with Gasteiger partial charge in [-0.1, -0.05) is 13.8 Å². The molecule has 0 spiro atoms. The molecule has 0 saturated heterocycles. The van der Waals surface area contributed by atoms with Gasteiger partial charge in [0.15, 0.2) is 0 Å². The van der Waals surface area contributed by atoms with Gasteiger partial charge in [-0.15, -0.1) is 0 Å². The van der Waals surface area contributed by atoms with Crippen LogP contribution < -0.4 is 5.56 Å². The number of hydrogen-bond acceptors (Lipinski definition) is 2. The van der Waals surface area contributed by atoms with Crippen LogP contribution in [0, 0.1) is 6.92 Å². The Morgan fingerprint density at radius 3 is 2.42 bits per heavy atom. The van der Waals surface area contributed by atoms with Gasteiger partial charge in [-0.3, -0.25) is 9.59 Å². The van der Waals surface area contributed by atoms with Crippen molar-refractivity contribution in [2.45, 2.75) is 40.2 Å². The normalized spacial score (nSPS) is 10.5. The Labute approximate surface area is 122 Å². The first kappa shape index (κ1) is 16.0. The summed E-state index contributed by atoms with van der Waals surface area (Å²) < 4.78 is 1.97. The highest BCUT2D eigenvalue weighted by atomic mass is 79.9. The molecule has 0 aromatic carbocycles. The van der Waals surface area contributed by atoms with Crippen molar-refractivity contribution in [2.75, 3.05) is 13.1 Å². The zero-order valence-electron chi connectivity index (χ0n) is 11.8. The molecule has 0 aliphatic carbocycles. The molecule has 1 aromatic heterocycles. The van der Waals surface area contributed by atoms with E-state index in [1.54, 1.807) is 12.3 Å². The van der Waals surface area contributed by atoms with E-state index < -0.39 is 0 Å². The second-order valence-electron chi connectivity index (χ2n) is 4.68. The van der Waals surface area contributed by atoms with Crippen LogP contribution in [0.3, 0.4) is 0 Å². The van der Waals surface area contributed by atoms with Crippen LogP contribution in [0.5, 0.6) is 0 Å². The Kier molecular flexibility index (Phi) is 6.28. The topological polar surface area (TPSA) is 42.3 Å². The first-order valence-corrected chi connectivity index (χ1v) is 7.43. The van der Waals surface area contributed by atoms with E-state index in [0.717, 1.165) is 31.5 Å². The summed E-state index contributed by atoms with van der Waals surface area (Å²) in [4.78, 5) is 26.0. The van der Waals surface area contributed by atoms with Crippen LogP contribution in [0.2, 0.25) is 0 Å². The van der Waals surface area contributed by atoms with Gasteiger partial charge >= 0.3 is 0 Å². The molecule has 0 aliphatic heterocycles. The number of amides is 1. The maximum absolute atomic E-state index is 12.2. The van der Waals surface area contributed by atoms with E-state index in [-0.39, 0.29) is 18.0 Å². The molecular formula is C14H21BrN2O2. The molecule has 0 saturated carbocycles. The molecule has 0 fully saturated rings. The Morgan fingerprint density at radius 1 is 1.32 bits per heavy atom. The maximum Gasteiger partial charge on any atom is 0.265 e. The lowest BCUT2D eigenvalue weighted by molar-refractivity contribution is -0.132. The van der Waals surface area contributed by atoms with Crippen molar-refractivity contribution < 1.29 is 4.79 Å². The van der Waals surface area contributed by atoms with Crippen LogP contribution >= 0.6 is 15.9 Å². The number of carbonyl (C=O) groups excluding carboxylic acids is 1. The van der Waals surface area contributed by atoms with E-state index in [1.807, 2.05) is 25.7 Å². The number of hydrogen-bond donors (Lipinski definition) is 0. The fourth-order valence-electron chi connectivity index (χ4n) is 2.00. The zero-order chi connectivity index (χ0) is 14.4. The van der Waals surface area contributed by atoms with E-state index in [4.69, 9.17) is 0 Å². The molecule has 0 radical (unpaired) electrons. The third-order valence-electron chi connectivity index (χ3n) is 2.82. The predicted molar refractivity (Wildman–Crippen MR) is 80.3 cm³/mol. The minimum Gasteiger partial charge on any atom is -0.341 e. The first-order valence-electron chi connectivity index (χ1n) is 6.64. The van der Waals surface area contributed by atoms with Crippen LogP contribution in [0.25, 0.3) is 0 Å². The Morgan fingerprint density at radius 2 is 1.89 bits per heavy atom. The summed E-state index contributed by atoms with van der Waals surface area (Å²) in [5, 5.41) is 0. The van der Waals surface area contributed by atoms with E-state index in [0.29, 0.717) is 4.47 Å². The summed E-state index contributed by atoms with van der Waals surface area (Å²) in [5.41, 5.74) is 0.795. The van der Waals surface area contributed by atoms with Gasteiger partial charge in [-0.05, 0) is 47.3 Å². The number of aromatic nitrogens is 1. The highest BCUT2D eigenvalue weighted by Crippen LogP contribution is 2.06. The second kappa shape index (κ2) is 7.48. The third-order valence-corrected chi connectivity index (χ3v) is 3.39. The molecule has 19 heavy (non-hydrogen) atoms. The van der Waals surface area contributed by atoms with Crippen molar-refractivity contribution in [3.8, 4) is 0 Å². The van der Waals surface area contributed by atoms with Gasteiger partial charge in [0.25, 0.3) is 5.56 Å². The fraction of sp³-hybridized carbons (Fsp3) is 0.571. The first-order chi connectivity index (χ1) is 8.99. The van der Waals surface area contributed by atoms with Crippen molar-refractivity contribution >= 4 is 21.8 Å². The Hall–Kier alpha value is -1.10. The number of halogens is 1. The number of aryl methyl sites for hydroxylation is 1. The lowest BCUT2D eigenvalue weighted by atomic mass is 10.3. The molecule has 5 heteroatoms. The van der Waals surface area contributed by atoms with Crippen molar-refractivity contribution in [3.63, 3.8) is 0 Å². The standard InChI is InChI=1S/C14H21BrN2O2/c1-4-6-16(7-5-2)13(18)10-17-9-11(3)8-12(15)14(17)19/h8-9H,4-7,10H2,1-3H3. The van der Waals surface area contributed by atoms with Crippen molar-refractivity contribution in [3.05, 3.63) is 32.7 Å². The van der Waals surface area contributed by atoms with Crippen molar-refractivity contribution in [1.82, 2.24) is 9.47 Å². The quantitative estimate of drug-likeness (QED) is 0.805. The highest BCUT2D eigenvalue weighted by Gasteiger charge is 2.13. The average molecular weight is 329 g/mol. The zero-order valence-corrected chi connectivity index (χ0v) is 13.4. The number of rotatable bonds is 6. The highest BCUT2D eigenvalue weighted by molar-refractivity contribution is 9.10. The Balaban J connectivity index is 2.89. The molecule has 0 bridgehead atoms. The van der Waals surface area contributed by atoms with E-state index >= 15 is 0 Å². The summed E-state index contributed by atoms with van der Waals surface area (Å²) in [6.07, 6.45) is 3.58. The average Bonchev–Trinajstić information content (AvgIpc) is 2.35. The molecule has 106 valence electrons. The number of pyridine rings is 1. The molecule has 0 N–H and O–H groups in total. The minimum absolute atomic E-state index is 0.00306. The van der Waals surface area contributed by atoms with E-state index in [9.17, 15) is 9.59 Å². The van der Waals surface area contributed by atoms with Crippen LogP contribution in [0.4, 0.5) is 0 Å². The molecule has 0 atom stereocenters. The van der Waals surface area contributed by atoms with E-state index in [2.05, 4.69) is 15.9 Å². The molecule has 1 aromatic rings. The van der Waals surface area contributed by atoms with Gasteiger partial charge in [0.1, 0.15) is 6.54 Å². The molecule has 1 amide bonds. The molecule has 4 nitrogen and oxygen atoms in total. The monoisotopic (exact) mass is 328 g/mol. The van der Waals surface area contributed by atoms with Gasteiger partial charge < -0.3 is 9.47 Å². The molecule has 1 heterocycles. The molecule has 0 unspecified atom stereocenters. The van der Waals surface area contributed by atoms with Crippen molar-refractivity contribution in [1.29, 1.82) is 0 Å². The minimum atomic E-state index is -0.160. The maximum atomic E-state index is 12.2. The molecular weight excluding hydrogens is 308 g/mol. The molecule has 1 rings (SSSR count). The third kappa shape index (κ3) is 4.49. The largest absolute Gasteiger partial charge is 0.341 e. The number of nitrogens with zero attached hydrogens (tertiary/aromatic N) is 2. The Bertz CT molecular complexity index is 491. The van der Waals surface area contributed by atoms with Crippen LogP contribution in [0.1, 0.15) is 32.3 Å². The second-order valence-corrected chi connectivity index (χ2v) is 5.53. The van der Waals surface area contributed by atoms with Crippen molar-refractivity contribution in [2.24, 2.45) is 0 Å². The summed E-state index contributed by atoms with van der Waals surface area (Å²) in [6, 6.07) is 1.76. The fourth-order valence-corrected chi connectivity index (χ4v) is 2.59. The summed E-state index contributed by atoms with van der Waals surface area (Å²) in [7, 11) is 0. The van der Waals surface area contributed by atoms with Crippen LogP contribution in [0.15, 0.2) is 21.5 Å². The number of carbonyl (C=O) groups is 1. The van der Waals surface area contributed by atoms with Gasteiger partial charge in [-0.2, -0.15) is 0 Å². The van der Waals surface area contributed by atoms with Gasteiger partial charge in [0.05, 0.1) is 4.47 Å². The van der Waals surface area contributed by atoms with E-state index in [1.165, 1.54) is 4.57 Å². The predicted octanol–water partition coefficient (Wildman–Crippen LogP) is 2.57. The summed E-state index contributed by atoms with van der Waals surface area (Å²) in [6.45, 7) is 7.60. The lowest BCUT2D eigenvalue weighted by Crippen LogP contribution is -2.37. The summed E-state index contributed by atoms with van der Waals surface area (Å²) >= 11 is 3.23. The lowest BCUT2D eigenvalue weighted by Gasteiger charge is -2.22. The smallest absolute Gasteiger partial charge is 0.265 e. The van der Waals surface area contributed by atoms with Crippen LogP contribution in [-0.4, -0.2) is 28.5 Å². The van der Waals surface area contributed by atoms with Crippen LogP contribution in [-0.2, 0) is 11.3 Å². The van der Waals surface area contributed by atoms with Gasteiger partial charge in [-0.25, -0.2) is 0 Å². The molecule has 0 aliphatic rings.